The van der Waals surface area contributed by atoms with Gasteiger partial charge in [0.25, 0.3) is 5.91 Å². The molecule has 0 spiro atoms. The summed E-state index contributed by atoms with van der Waals surface area (Å²) < 4.78 is 13.6. The molecule has 1 unspecified atom stereocenters. The number of carbonyl (C=O) groups excluding carboxylic acids is 2. The maximum atomic E-state index is 13.6. The van der Waals surface area contributed by atoms with Crippen molar-refractivity contribution < 1.29 is 14.0 Å². The topological polar surface area (TPSA) is 49.4 Å². The van der Waals surface area contributed by atoms with Crippen LogP contribution in [-0.2, 0) is 4.79 Å². The number of carbonyl (C=O) groups is 2. The molecule has 5 heteroatoms. The quantitative estimate of drug-likeness (QED) is 0.945. The summed E-state index contributed by atoms with van der Waals surface area (Å²) >= 11 is 0. The molecule has 22 heavy (non-hydrogen) atoms. The van der Waals surface area contributed by atoms with E-state index in [2.05, 4.69) is 5.32 Å². The molecule has 0 bridgehead atoms. The normalized spacial score (nSPS) is 17.6. The lowest BCUT2D eigenvalue weighted by atomic mass is 10.1. The van der Waals surface area contributed by atoms with Gasteiger partial charge < -0.3 is 10.2 Å². The van der Waals surface area contributed by atoms with E-state index in [1.807, 2.05) is 30.3 Å². The fourth-order valence-electron chi connectivity index (χ4n) is 2.57. The van der Waals surface area contributed by atoms with Crippen molar-refractivity contribution in [3.8, 4) is 0 Å². The van der Waals surface area contributed by atoms with Gasteiger partial charge in [-0.05, 0) is 24.3 Å². The zero-order chi connectivity index (χ0) is 15.5. The van der Waals surface area contributed by atoms with E-state index in [0.29, 0.717) is 6.54 Å². The van der Waals surface area contributed by atoms with Crippen molar-refractivity contribution in [1.82, 2.24) is 5.32 Å². The van der Waals surface area contributed by atoms with Crippen LogP contribution in [0.2, 0.25) is 0 Å². The third-order valence-electron chi connectivity index (χ3n) is 3.65. The third kappa shape index (κ3) is 2.83. The lowest BCUT2D eigenvalue weighted by Gasteiger charge is -2.17. The number of hydrogen-bond acceptors (Lipinski definition) is 2. The van der Waals surface area contributed by atoms with E-state index in [0.717, 1.165) is 5.69 Å². The highest BCUT2D eigenvalue weighted by Crippen LogP contribution is 2.21. The molecule has 4 nitrogen and oxygen atoms in total. The van der Waals surface area contributed by atoms with Crippen LogP contribution < -0.4 is 10.2 Å². The van der Waals surface area contributed by atoms with Crippen LogP contribution in [0.5, 0.6) is 0 Å². The Labute approximate surface area is 127 Å². The van der Waals surface area contributed by atoms with Crippen molar-refractivity contribution in [1.29, 1.82) is 0 Å². The van der Waals surface area contributed by atoms with E-state index in [1.54, 1.807) is 11.0 Å². The lowest BCUT2D eigenvalue weighted by molar-refractivity contribution is -0.117. The Kier molecular flexibility index (Phi) is 3.87. The Bertz CT molecular complexity index is 703. The van der Waals surface area contributed by atoms with E-state index in [9.17, 15) is 14.0 Å². The van der Waals surface area contributed by atoms with Crippen LogP contribution in [0.3, 0.4) is 0 Å². The van der Waals surface area contributed by atoms with Gasteiger partial charge in [0.15, 0.2) is 0 Å². The van der Waals surface area contributed by atoms with Gasteiger partial charge in [-0.3, -0.25) is 9.59 Å². The smallest absolute Gasteiger partial charge is 0.254 e. The van der Waals surface area contributed by atoms with E-state index in [4.69, 9.17) is 0 Å². The summed E-state index contributed by atoms with van der Waals surface area (Å²) in [6.07, 6.45) is 0.217. The second-order valence-corrected chi connectivity index (χ2v) is 5.19. The first kappa shape index (κ1) is 14.3. The molecule has 2 aromatic carbocycles. The third-order valence-corrected chi connectivity index (χ3v) is 3.65. The van der Waals surface area contributed by atoms with Gasteiger partial charge in [-0.2, -0.15) is 0 Å². The molecular weight excluding hydrogens is 283 g/mol. The summed E-state index contributed by atoms with van der Waals surface area (Å²) in [4.78, 5) is 25.8. The summed E-state index contributed by atoms with van der Waals surface area (Å²) in [7, 11) is 0. The van der Waals surface area contributed by atoms with E-state index in [-0.39, 0.29) is 23.9 Å². The Morgan fingerprint density at radius 1 is 1.09 bits per heavy atom. The molecule has 112 valence electrons. The fourth-order valence-corrected chi connectivity index (χ4v) is 2.57. The van der Waals surface area contributed by atoms with Crippen LogP contribution in [0.15, 0.2) is 54.6 Å². The molecule has 1 fully saturated rings. The zero-order valence-corrected chi connectivity index (χ0v) is 11.8. The average molecular weight is 298 g/mol. The van der Waals surface area contributed by atoms with Crippen molar-refractivity contribution in [2.45, 2.75) is 12.5 Å². The maximum absolute atomic E-state index is 13.6. The summed E-state index contributed by atoms with van der Waals surface area (Å²) in [5.74, 6) is -1.11. The monoisotopic (exact) mass is 298 g/mol. The molecule has 1 heterocycles. The van der Waals surface area contributed by atoms with Crippen LogP contribution in [0, 0.1) is 5.82 Å². The number of para-hydroxylation sites is 1. The van der Waals surface area contributed by atoms with Gasteiger partial charge in [-0.15, -0.1) is 0 Å². The molecule has 2 aromatic rings. The number of rotatable bonds is 3. The van der Waals surface area contributed by atoms with Crippen molar-refractivity contribution in [2.75, 3.05) is 11.4 Å². The van der Waals surface area contributed by atoms with Crippen molar-refractivity contribution in [2.24, 2.45) is 0 Å². The van der Waals surface area contributed by atoms with Crippen LogP contribution in [0.1, 0.15) is 16.8 Å². The predicted molar refractivity (Wildman–Crippen MR) is 81.1 cm³/mol. The van der Waals surface area contributed by atoms with Crippen LogP contribution in [-0.4, -0.2) is 24.4 Å². The summed E-state index contributed by atoms with van der Waals surface area (Å²) in [5, 5.41) is 2.72. The van der Waals surface area contributed by atoms with E-state index < -0.39 is 11.7 Å². The number of halogens is 1. The second kappa shape index (κ2) is 5.97. The number of benzene rings is 2. The fraction of sp³-hybridized carbons (Fsp3) is 0.176. The van der Waals surface area contributed by atoms with Crippen LogP contribution in [0.4, 0.5) is 10.1 Å². The Balaban J connectivity index is 1.69. The number of anilines is 1. The van der Waals surface area contributed by atoms with Crippen LogP contribution in [0.25, 0.3) is 0 Å². The Morgan fingerprint density at radius 3 is 2.50 bits per heavy atom. The number of nitrogens with one attached hydrogen (secondary N) is 1. The molecule has 1 aliphatic heterocycles. The highest BCUT2D eigenvalue weighted by molar-refractivity contribution is 5.99. The van der Waals surface area contributed by atoms with Gasteiger partial charge in [0.05, 0.1) is 11.6 Å². The zero-order valence-electron chi connectivity index (χ0n) is 11.8. The standard InChI is InChI=1S/C17H15FN2O2/c18-15-9-5-4-8-14(15)17(22)19-12-10-16(21)20(11-12)13-6-2-1-3-7-13/h1-9,12H,10-11H2,(H,19,22). The SMILES string of the molecule is O=C(NC1CC(=O)N(c2ccccc2)C1)c1ccccc1F. The van der Waals surface area contributed by atoms with Gasteiger partial charge in [0.1, 0.15) is 5.82 Å². The van der Waals surface area contributed by atoms with E-state index in [1.165, 1.54) is 18.2 Å². The second-order valence-electron chi connectivity index (χ2n) is 5.19. The lowest BCUT2D eigenvalue weighted by Crippen LogP contribution is -2.37. The molecule has 3 rings (SSSR count). The number of hydrogen-bond donors (Lipinski definition) is 1. The van der Waals surface area contributed by atoms with Gasteiger partial charge in [0, 0.05) is 18.7 Å². The van der Waals surface area contributed by atoms with Crippen molar-refractivity contribution >= 4 is 17.5 Å². The maximum Gasteiger partial charge on any atom is 0.254 e. The largest absolute Gasteiger partial charge is 0.347 e. The average Bonchev–Trinajstić information content (AvgIpc) is 2.89. The highest BCUT2D eigenvalue weighted by atomic mass is 19.1. The van der Waals surface area contributed by atoms with Crippen molar-refractivity contribution in [3.63, 3.8) is 0 Å². The Morgan fingerprint density at radius 2 is 1.77 bits per heavy atom. The van der Waals surface area contributed by atoms with Gasteiger partial charge in [-0.25, -0.2) is 4.39 Å². The van der Waals surface area contributed by atoms with Gasteiger partial charge >= 0.3 is 0 Å². The van der Waals surface area contributed by atoms with Crippen LogP contribution >= 0.6 is 0 Å². The first-order valence-corrected chi connectivity index (χ1v) is 7.06. The molecule has 0 saturated carbocycles. The highest BCUT2D eigenvalue weighted by Gasteiger charge is 2.31. The molecular formula is C17H15FN2O2. The minimum atomic E-state index is -0.566. The minimum Gasteiger partial charge on any atom is -0.347 e. The molecule has 1 atom stereocenters. The summed E-state index contributed by atoms with van der Waals surface area (Å²) in [5.41, 5.74) is 0.795. The number of nitrogens with zero attached hydrogens (tertiary/aromatic N) is 1. The minimum absolute atomic E-state index is 0.00638. The predicted octanol–water partition coefficient (Wildman–Crippen LogP) is 2.36. The molecule has 1 saturated heterocycles. The van der Waals surface area contributed by atoms with Crippen molar-refractivity contribution in [3.05, 3.63) is 66.0 Å². The molecule has 0 aliphatic carbocycles. The number of amides is 2. The Hall–Kier alpha value is -2.69. The summed E-state index contributed by atoms with van der Waals surface area (Å²) in [6.45, 7) is 0.392. The van der Waals surface area contributed by atoms with Gasteiger partial charge in [-0.1, -0.05) is 30.3 Å². The first-order chi connectivity index (χ1) is 10.6. The summed E-state index contributed by atoms with van der Waals surface area (Å²) in [6, 6.07) is 14.8. The molecule has 0 radical (unpaired) electrons. The molecule has 2 amide bonds. The van der Waals surface area contributed by atoms with E-state index >= 15 is 0 Å². The molecule has 0 aromatic heterocycles. The molecule has 1 N–H and O–H groups in total. The molecule has 1 aliphatic rings. The van der Waals surface area contributed by atoms with Gasteiger partial charge in [0.2, 0.25) is 5.91 Å². The first-order valence-electron chi connectivity index (χ1n) is 7.06.